The summed E-state index contributed by atoms with van der Waals surface area (Å²) in [6, 6.07) is -0.158. The first-order valence-corrected chi connectivity index (χ1v) is 6.17. The molecule has 1 unspecified atom stereocenters. The first-order chi connectivity index (χ1) is 7.81. The first-order valence-electron chi connectivity index (χ1n) is 5.29. The normalized spacial score (nSPS) is 12.9. The summed E-state index contributed by atoms with van der Waals surface area (Å²) in [6.07, 6.45) is 4.78. The Kier molecular flexibility index (Phi) is 3.63. The quantitative estimate of drug-likeness (QED) is 0.865. The van der Waals surface area contributed by atoms with E-state index in [1.807, 2.05) is 0 Å². The van der Waals surface area contributed by atoms with E-state index in [-0.39, 0.29) is 6.04 Å². The molecule has 0 bridgehead atoms. The molecule has 2 aromatic heterocycles. The van der Waals surface area contributed by atoms with Crippen LogP contribution in [0.4, 0.5) is 0 Å². The molecular formula is C10H14N4OS. The third kappa shape index (κ3) is 2.45. The summed E-state index contributed by atoms with van der Waals surface area (Å²) >= 11 is 1.48. The first kappa shape index (κ1) is 11.2. The molecule has 0 amide bonds. The molecule has 5 nitrogen and oxygen atoms in total. The fourth-order valence-corrected chi connectivity index (χ4v) is 1.90. The molecule has 86 valence electrons. The van der Waals surface area contributed by atoms with Crippen LogP contribution in [0.25, 0.3) is 10.7 Å². The van der Waals surface area contributed by atoms with Crippen molar-refractivity contribution in [3.8, 4) is 10.7 Å². The van der Waals surface area contributed by atoms with Crippen LogP contribution < -0.4 is 5.73 Å². The molecular weight excluding hydrogens is 224 g/mol. The van der Waals surface area contributed by atoms with E-state index in [0.29, 0.717) is 11.7 Å². The van der Waals surface area contributed by atoms with E-state index in [9.17, 15) is 0 Å². The molecule has 2 aromatic rings. The van der Waals surface area contributed by atoms with Gasteiger partial charge in [0.1, 0.15) is 0 Å². The standard InChI is InChI=1S/C10H14N4OS/c1-2-3-4-7(11)10-13-9(14-15-10)8-5-12-6-16-8/h5-7H,2-4,11H2,1H3. The van der Waals surface area contributed by atoms with Gasteiger partial charge in [-0.1, -0.05) is 24.9 Å². The maximum atomic E-state index is 5.94. The second-order valence-electron chi connectivity index (χ2n) is 3.57. The van der Waals surface area contributed by atoms with Crippen molar-refractivity contribution in [3.05, 3.63) is 17.6 Å². The molecule has 1 atom stereocenters. The zero-order valence-electron chi connectivity index (χ0n) is 9.09. The van der Waals surface area contributed by atoms with E-state index < -0.39 is 0 Å². The van der Waals surface area contributed by atoms with Crippen molar-refractivity contribution in [3.63, 3.8) is 0 Å². The van der Waals surface area contributed by atoms with E-state index in [1.54, 1.807) is 11.7 Å². The molecule has 2 rings (SSSR count). The number of aromatic nitrogens is 3. The molecule has 0 fully saturated rings. The summed E-state index contributed by atoms with van der Waals surface area (Å²) in [7, 11) is 0. The molecule has 0 spiro atoms. The van der Waals surface area contributed by atoms with Gasteiger partial charge in [-0.3, -0.25) is 4.98 Å². The lowest BCUT2D eigenvalue weighted by Gasteiger charge is -2.03. The Morgan fingerprint density at radius 2 is 2.44 bits per heavy atom. The van der Waals surface area contributed by atoms with E-state index in [2.05, 4.69) is 22.0 Å². The van der Waals surface area contributed by atoms with Crippen molar-refractivity contribution in [1.29, 1.82) is 0 Å². The maximum absolute atomic E-state index is 5.94. The van der Waals surface area contributed by atoms with Crippen LogP contribution in [0.2, 0.25) is 0 Å². The van der Waals surface area contributed by atoms with Crippen LogP contribution in [0.5, 0.6) is 0 Å². The second-order valence-corrected chi connectivity index (χ2v) is 4.46. The number of rotatable bonds is 5. The van der Waals surface area contributed by atoms with Gasteiger partial charge in [0, 0.05) is 6.20 Å². The smallest absolute Gasteiger partial charge is 0.243 e. The van der Waals surface area contributed by atoms with Gasteiger partial charge in [-0.05, 0) is 6.42 Å². The number of unbranched alkanes of at least 4 members (excludes halogenated alkanes) is 1. The summed E-state index contributed by atoms with van der Waals surface area (Å²) < 4.78 is 5.14. The Morgan fingerprint density at radius 1 is 1.56 bits per heavy atom. The van der Waals surface area contributed by atoms with Gasteiger partial charge in [0.2, 0.25) is 11.7 Å². The van der Waals surface area contributed by atoms with Crippen molar-refractivity contribution < 1.29 is 4.52 Å². The summed E-state index contributed by atoms with van der Waals surface area (Å²) in [5.41, 5.74) is 7.68. The predicted molar refractivity (Wildman–Crippen MR) is 61.9 cm³/mol. The van der Waals surface area contributed by atoms with Gasteiger partial charge in [-0.15, -0.1) is 11.3 Å². The molecule has 0 saturated carbocycles. The number of hydrogen-bond donors (Lipinski definition) is 1. The van der Waals surface area contributed by atoms with Gasteiger partial charge in [0.15, 0.2) is 0 Å². The molecule has 0 aliphatic rings. The predicted octanol–water partition coefficient (Wildman–Crippen LogP) is 2.38. The second kappa shape index (κ2) is 5.18. The number of nitrogens with zero attached hydrogens (tertiary/aromatic N) is 3. The third-order valence-electron chi connectivity index (χ3n) is 2.28. The Balaban J connectivity index is 2.07. The van der Waals surface area contributed by atoms with Crippen LogP contribution in [0, 0.1) is 0 Å². The highest BCUT2D eigenvalue weighted by molar-refractivity contribution is 7.13. The average Bonchev–Trinajstić information content (AvgIpc) is 2.94. The van der Waals surface area contributed by atoms with Crippen molar-refractivity contribution in [2.75, 3.05) is 0 Å². The molecule has 0 aliphatic heterocycles. The fourth-order valence-electron chi connectivity index (χ4n) is 1.36. The largest absolute Gasteiger partial charge is 0.337 e. The van der Waals surface area contributed by atoms with Crippen molar-refractivity contribution in [2.45, 2.75) is 32.2 Å². The number of nitrogens with two attached hydrogens (primary N) is 1. The zero-order chi connectivity index (χ0) is 11.4. The van der Waals surface area contributed by atoms with E-state index in [0.717, 1.165) is 24.1 Å². The highest BCUT2D eigenvalue weighted by Gasteiger charge is 2.15. The van der Waals surface area contributed by atoms with Crippen LogP contribution in [0.1, 0.15) is 38.1 Å². The number of hydrogen-bond acceptors (Lipinski definition) is 6. The molecule has 0 aromatic carbocycles. The van der Waals surface area contributed by atoms with Gasteiger partial charge < -0.3 is 10.3 Å². The minimum absolute atomic E-state index is 0.158. The molecule has 0 saturated heterocycles. The van der Waals surface area contributed by atoms with Gasteiger partial charge >= 0.3 is 0 Å². The van der Waals surface area contributed by atoms with E-state index in [1.165, 1.54) is 11.3 Å². The summed E-state index contributed by atoms with van der Waals surface area (Å²) in [5, 5.41) is 3.89. The van der Waals surface area contributed by atoms with Gasteiger partial charge in [-0.25, -0.2) is 0 Å². The summed E-state index contributed by atoms with van der Waals surface area (Å²) in [5.74, 6) is 1.08. The molecule has 2 heterocycles. The SMILES string of the molecule is CCCCC(N)c1nc(-c2cncs2)no1. The highest BCUT2D eigenvalue weighted by Crippen LogP contribution is 2.22. The number of thiazole rings is 1. The molecule has 2 N–H and O–H groups in total. The van der Waals surface area contributed by atoms with Crippen LogP contribution in [-0.4, -0.2) is 15.1 Å². The van der Waals surface area contributed by atoms with Crippen LogP contribution >= 0.6 is 11.3 Å². The Labute approximate surface area is 97.7 Å². The highest BCUT2D eigenvalue weighted by atomic mass is 32.1. The maximum Gasteiger partial charge on any atom is 0.243 e. The van der Waals surface area contributed by atoms with E-state index in [4.69, 9.17) is 10.3 Å². The van der Waals surface area contributed by atoms with E-state index >= 15 is 0 Å². The minimum atomic E-state index is -0.158. The topological polar surface area (TPSA) is 77.8 Å². The van der Waals surface area contributed by atoms with Crippen LogP contribution in [-0.2, 0) is 0 Å². The van der Waals surface area contributed by atoms with Gasteiger partial charge in [0.25, 0.3) is 0 Å². The lowest BCUT2D eigenvalue weighted by atomic mass is 10.1. The lowest BCUT2D eigenvalue weighted by molar-refractivity contribution is 0.346. The van der Waals surface area contributed by atoms with Gasteiger partial charge in [-0.2, -0.15) is 4.98 Å². The Morgan fingerprint density at radius 3 is 3.12 bits per heavy atom. The monoisotopic (exact) mass is 238 g/mol. The molecule has 6 heteroatoms. The summed E-state index contributed by atoms with van der Waals surface area (Å²) in [6.45, 7) is 2.13. The minimum Gasteiger partial charge on any atom is -0.337 e. The van der Waals surface area contributed by atoms with Crippen LogP contribution in [0.15, 0.2) is 16.2 Å². The molecule has 0 aliphatic carbocycles. The Hall–Kier alpha value is -1.27. The van der Waals surface area contributed by atoms with Crippen molar-refractivity contribution in [1.82, 2.24) is 15.1 Å². The third-order valence-corrected chi connectivity index (χ3v) is 3.05. The fraction of sp³-hybridized carbons (Fsp3) is 0.500. The van der Waals surface area contributed by atoms with Crippen LogP contribution in [0.3, 0.4) is 0 Å². The molecule has 16 heavy (non-hydrogen) atoms. The zero-order valence-corrected chi connectivity index (χ0v) is 9.91. The lowest BCUT2D eigenvalue weighted by Crippen LogP contribution is -2.10. The van der Waals surface area contributed by atoms with Gasteiger partial charge in [0.05, 0.1) is 16.4 Å². The van der Waals surface area contributed by atoms with Crippen molar-refractivity contribution in [2.24, 2.45) is 5.73 Å². The Bertz CT molecular complexity index is 426. The molecule has 0 radical (unpaired) electrons. The average molecular weight is 238 g/mol. The van der Waals surface area contributed by atoms with Crippen molar-refractivity contribution >= 4 is 11.3 Å². The summed E-state index contributed by atoms with van der Waals surface area (Å²) in [4.78, 5) is 9.14.